The number of hydrogen-bond donors (Lipinski definition) is 1. The van der Waals surface area contributed by atoms with Crippen molar-refractivity contribution in [2.75, 3.05) is 0 Å². The van der Waals surface area contributed by atoms with Crippen LogP contribution in [0.15, 0.2) is 16.2 Å². The van der Waals surface area contributed by atoms with E-state index in [1.54, 1.807) is 4.57 Å². The van der Waals surface area contributed by atoms with Crippen LogP contribution in [0.3, 0.4) is 0 Å². The van der Waals surface area contributed by atoms with E-state index in [4.69, 9.17) is 12.2 Å². The monoisotopic (exact) mass is 280 g/mol. The van der Waals surface area contributed by atoms with E-state index in [0.717, 1.165) is 23.2 Å². The summed E-state index contributed by atoms with van der Waals surface area (Å²) in [5, 5.41) is 1.93. The average molecular weight is 280 g/mol. The van der Waals surface area contributed by atoms with Crippen molar-refractivity contribution in [2.24, 2.45) is 5.41 Å². The highest BCUT2D eigenvalue weighted by Gasteiger charge is 2.36. The first kappa shape index (κ1) is 12.1. The third kappa shape index (κ3) is 1.77. The second-order valence-electron chi connectivity index (χ2n) is 5.19. The maximum absolute atomic E-state index is 12.4. The van der Waals surface area contributed by atoms with Gasteiger partial charge in [0.2, 0.25) is 0 Å². The SMILES string of the molecule is CCC1(Cn2c(=S)[nH]c3ccsc3c2=O)CCC1. The normalized spacial score (nSPS) is 17.8. The van der Waals surface area contributed by atoms with Gasteiger partial charge in [0.25, 0.3) is 5.56 Å². The van der Waals surface area contributed by atoms with Gasteiger partial charge >= 0.3 is 0 Å². The Kier molecular flexibility index (Phi) is 2.90. The van der Waals surface area contributed by atoms with E-state index in [9.17, 15) is 4.79 Å². The highest BCUT2D eigenvalue weighted by Crippen LogP contribution is 2.44. The van der Waals surface area contributed by atoms with E-state index >= 15 is 0 Å². The van der Waals surface area contributed by atoms with E-state index < -0.39 is 0 Å². The molecule has 3 nitrogen and oxygen atoms in total. The number of hydrogen-bond acceptors (Lipinski definition) is 3. The van der Waals surface area contributed by atoms with Crippen LogP contribution in [-0.4, -0.2) is 9.55 Å². The van der Waals surface area contributed by atoms with Crippen LogP contribution < -0.4 is 5.56 Å². The zero-order valence-corrected chi connectivity index (χ0v) is 12.0. The van der Waals surface area contributed by atoms with Gasteiger partial charge < -0.3 is 4.98 Å². The second kappa shape index (κ2) is 4.31. The molecular formula is C13H16N2OS2. The minimum atomic E-state index is 0.0727. The Balaban J connectivity index is 2.11. The molecule has 2 aromatic rings. The Hall–Kier alpha value is -0.940. The molecule has 0 aromatic carbocycles. The molecule has 1 N–H and O–H groups in total. The first-order chi connectivity index (χ1) is 8.65. The third-order valence-corrected chi connectivity index (χ3v) is 5.47. The molecular weight excluding hydrogens is 264 g/mol. The van der Waals surface area contributed by atoms with Crippen molar-refractivity contribution in [3.8, 4) is 0 Å². The quantitative estimate of drug-likeness (QED) is 0.871. The van der Waals surface area contributed by atoms with Gasteiger partial charge in [-0.2, -0.15) is 0 Å². The highest BCUT2D eigenvalue weighted by molar-refractivity contribution is 7.71. The van der Waals surface area contributed by atoms with Gasteiger partial charge in [-0.25, -0.2) is 0 Å². The van der Waals surface area contributed by atoms with E-state index in [0.29, 0.717) is 10.2 Å². The number of rotatable bonds is 3. The Morgan fingerprint density at radius 3 is 2.94 bits per heavy atom. The van der Waals surface area contributed by atoms with Crippen molar-refractivity contribution in [3.05, 3.63) is 26.6 Å². The van der Waals surface area contributed by atoms with Crippen LogP contribution in [0.5, 0.6) is 0 Å². The van der Waals surface area contributed by atoms with E-state index in [-0.39, 0.29) is 5.56 Å². The van der Waals surface area contributed by atoms with E-state index in [1.807, 2.05) is 11.4 Å². The predicted molar refractivity (Wildman–Crippen MR) is 77.8 cm³/mol. The van der Waals surface area contributed by atoms with Crippen LogP contribution in [0.1, 0.15) is 32.6 Å². The number of thiophene rings is 1. The molecule has 3 rings (SSSR count). The number of nitrogens with zero attached hydrogens (tertiary/aromatic N) is 1. The molecule has 1 aliphatic rings. The van der Waals surface area contributed by atoms with Crippen molar-refractivity contribution in [1.82, 2.24) is 9.55 Å². The van der Waals surface area contributed by atoms with Gasteiger partial charge in [0.15, 0.2) is 4.77 Å². The molecule has 1 fully saturated rings. The van der Waals surface area contributed by atoms with Crippen LogP contribution in [0, 0.1) is 10.2 Å². The minimum absolute atomic E-state index is 0.0727. The molecule has 2 aromatic heterocycles. The number of fused-ring (bicyclic) bond motifs is 1. The molecule has 0 bridgehead atoms. The molecule has 0 radical (unpaired) electrons. The highest BCUT2D eigenvalue weighted by atomic mass is 32.1. The average Bonchev–Trinajstić information content (AvgIpc) is 2.75. The number of aromatic nitrogens is 2. The topological polar surface area (TPSA) is 37.8 Å². The summed E-state index contributed by atoms with van der Waals surface area (Å²) in [6, 6.07) is 1.92. The lowest BCUT2D eigenvalue weighted by Gasteiger charge is -2.41. The fourth-order valence-electron chi connectivity index (χ4n) is 2.75. The standard InChI is InChI=1S/C13H16N2OS2/c1-2-13(5-3-6-13)8-15-11(16)10-9(4-7-18-10)14-12(15)17/h4,7H,2-3,5-6,8H2,1H3,(H,14,17). The lowest BCUT2D eigenvalue weighted by atomic mass is 9.67. The van der Waals surface area contributed by atoms with Crippen molar-refractivity contribution in [2.45, 2.75) is 39.2 Å². The van der Waals surface area contributed by atoms with Crippen molar-refractivity contribution < 1.29 is 0 Å². The van der Waals surface area contributed by atoms with Crippen molar-refractivity contribution in [3.63, 3.8) is 0 Å². The Labute approximate surface area is 114 Å². The van der Waals surface area contributed by atoms with Crippen molar-refractivity contribution >= 4 is 33.8 Å². The lowest BCUT2D eigenvalue weighted by molar-refractivity contribution is 0.0980. The molecule has 0 saturated heterocycles. The van der Waals surface area contributed by atoms with Gasteiger partial charge in [0, 0.05) is 6.54 Å². The van der Waals surface area contributed by atoms with E-state index in [1.165, 1.54) is 30.6 Å². The molecule has 0 unspecified atom stereocenters. The molecule has 0 aliphatic heterocycles. The summed E-state index contributed by atoms with van der Waals surface area (Å²) in [5.74, 6) is 0. The molecule has 0 atom stereocenters. The zero-order chi connectivity index (χ0) is 12.8. The summed E-state index contributed by atoms with van der Waals surface area (Å²) in [5.41, 5.74) is 1.24. The lowest BCUT2D eigenvalue weighted by Crippen LogP contribution is -2.37. The van der Waals surface area contributed by atoms with Crippen LogP contribution in [0.2, 0.25) is 0 Å². The molecule has 96 valence electrons. The summed E-state index contributed by atoms with van der Waals surface area (Å²) in [4.78, 5) is 15.6. The zero-order valence-electron chi connectivity index (χ0n) is 10.4. The van der Waals surface area contributed by atoms with Gasteiger partial charge in [-0.3, -0.25) is 9.36 Å². The molecule has 2 heterocycles. The fourth-order valence-corrected chi connectivity index (χ4v) is 3.80. The molecule has 1 saturated carbocycles. The maximum atomic E-state index is 12.4. The Morgan fingerprint density at radius 2 is 2.33 bits per heavy atom. The Morgan fingerprint density at radius 1 is 1.56 bits per heavy atom. The maximum Gasteiger partial charge on any atom is 0.272 e. The van der Waals surface area contributed by atoms with Gasteiger partial charge in [-0.05, 0) is 48.3 Å². The van der Waals surface area contributed by atoms with Gasteiger partial charge in [0.05, 0.1) is 5.52 Å². The second-order valence-corrected chi connectivity index (χ2v) is 6.49. The van der Waals surface area contributed by atoms with Crippen LogP contribution >= 0.6 is 23.6 Å². The summed E-state index contributed by atoms with van der Waals surface area (Å²) < 4.78 is 3.11. The van der Waals surface area contributed by atoms with Crippen molar-refractivity contribution in [1.29, 1.82) is 0 Å². The first-order valence-corrected chi connectivity index (χ1v) is 7.64. The summed E-state index contributed by atoms with van der Waals surface area (Å²) >= 11 is 6.82. The van der Waals surface area contributed by atoms with Gasteiger partial charge in [0.1, 0.15) is 4.70 Å². The summed E-state index contributed by atoms with van der Waals surface area (Å²) in [6.45, 7) is 2.98. The third-order valence-electron chi connectivity index (χ3n) is 4.25. The molecule has 1 aliphatic carbocycles. The molecule has 0 amide bonds. The minimum Gasteiger partial charge on any atom is -0.331 e. The van der Waals surface area contributed by atoms with Crippen LogP contribution in [-0.2, 0) is 6.54 Å². The van der Waals surface area contributed by atoms with Gasteiger partial charge in [-0.15, -0.1) is 11.3 Å². The predicted octanol–water partition coefficient (Wildman–Crippen LogP) is 3.70. The first-order valence-electron chi connectivity index (χ1n) is 6.35. The van der Waals surface area contributed by atoms with E-state index in [2.05, 4.69) is 11.9 Å². The summed E-state index contributed by atoms with van der Waals surface area (Å²) in [7, 11) is 0. The number of aromatic amines is 1. The summed E-state index contributed by atoms with van der Waals surface area (Å²) in [6.07, 6.45) is 4.83. The van der Waals surface area contributed by atoms with Crippen LogP contribution in [0.4, 0.5) is 0 Å². The number of H-pyrrole nitrogens is 1. The fraction of sp³-hybridized carbons (Fsp3) is 0.538. The largest absolute Gasteiger partial charge is 0.331 e. The number of nitrogens with one attached hydrogen (secondary N) is 1. The van der Waals surface area contributed by atoms with Gasteiger partial charge in [-0.1, -0.05) is 13.3 Å². The van der Waals surface area contributed by atoms with Crippen LogP contribution in [0.25, 0.3) is 10.2 Å². The molecule has 0 spiro atoms. The molecule has 18 heavy (non-hydrogen) atoms. The Bertz CT molecular complexity index is 685. The smallest absolute Gasteiger partial charge is 0.272 e. The molecule has 5 heteroatoms.